The van der Waals surface area contributed by atoms with Crippen molar-refractivity contribution in [1.82, 2.24) is 10.2 Å². The quantitative estimate of drug-likeness (QED) is 0.767. The molecule has 1 rings (SSSR count). The molecule has 0 spiro atoms. The number of rotatable bonds is 4. The topological polar surface area (TPSA) is 63.8 Å². The van der Waals surface area contributed by atoms with Crippen molar-refractivity contribution < 1.29 is 0 Å². The van der Waals surface area contributed by atoms with E-state index in [4.69, 9.17) is 5.73 Å². The van der Waals surface area contributed by atoms with Crippen LogP contribution in [0.1, 0.15) is 25.8 Å². The molecule has 1 aromatic rings. The SMILES string of the molecule is CCc1nnc(NC(C)C(C)N)s1. The van der Waals surface area contributed by atoms with Gasteiger partial charge in [-0.05, 0) is 20.3 Å². The number of nitrogens with two attached hydrogens (primary N) is 1. The lowest BCUT2D eigenvalue weighted by atomic mass is 10.2. The third-order valence-corrected chi connectivity index (χ3v) is 2.91. The molecule has 0 aliphatic heterocycles. The molecule has 0 bridgehead atoms. The Morgan fingerprint density at radius 1 is 1.46 bits per heavy atom. The monoisotopic (exact) mass is 200 g/mol. The minimum atomic E-state index is 0.119. The standard InChI is InChI=1S/C8H16N4S/c1-4-7-11-12-8(13-7)10-6(3)5(2)9/h5-6H,4,9H2,1-3H3,(H,10,12). The number of hydrogen-bond acceptors (Lipinski definition) is 5. The zero-order chi connectivity index (χ0) is 9.84. The zero-order valence-electron chi connectivity index (χ0n) is 8.24. The second kappa shape index (κ2) is 4.53. The van der Waals surface area contributed by atoms with Gasteiger partial charge in [-0.15, -0.1) is 10.2 Å². The second-order valence-corrected chi connectivity index (χ2v) is 4.21. The Balaban J connectivity index is 2.53. The fraction of sp³-hybridized carbons (Fsp3) is 0.750. The fourth-order valence-electron chi connectivity index (χ4n) is 0.781. The van der Waals surface area contributed by atoms with Crippen LogP contribution in [0, 0.1) is 0 Å². The van der Waals surface area contributed by atoms with E-state index in [1.54, 1.807) is 11.3 Å². The average molecular weight is 200 g/mol. The van der Waals surface area contributed by atoms with Gasteiger partial charge in [-0.3, -0.25) is 0 Å². The first-order valence-electron chi connectivity index (χ1n) is 4.48. The predicted octanol–water partition coefficient (Wildman–Crippen LogP) is 1.25. The molecule has 0 saturated heterocycles. The zero-order valence-corrected chi connectivity index (χ0v) is 9.06. The molecule has 5 heteroatoms. The number of aryl methyl sites for hydroxylation is 1. The smallest absolute Gasteiger partial charge is 0.205 e. The third kappa shape index (κ3) is 2.93. The van der Waals surface area contributed by atoms with Gasteiger partial charge in [0.25, 0.3) is 0 Å². The molecule has 0 saturated carbocycles. The Labute approximate surface area is 82.6 Å². The van der Waals surface area contributed by atoms with E-state index in [0.29, 0.717) is 0 Å². The molecular formula is C8H16N4S. The average Bonchev–Trinajstić information content (AvgIpc) is 2.52. The third-order valence-electron chi connectivity index (χ3n) is 1.91. The Morgan fingerprint density at radius 3 is 2.62 bits per heavy atom. The molecule has 13 heavy (non-hydrogen) atoms. The van der Waals surface area contributed by atoms with E-state index in [2.05, 4.69) is 22.4 Å². The molecule has 0 radical (unpaired) electrons. The number of nitrogens with one attached hydrogen (secondary N) is 1. The molecule has 74 valence electrons. The van der Waals surface area contributed by atoms with Crippen LogP contribution in [0.5, 0.6) is 0 Å². The highest BCUT2D eigenvalue weighted by Crippen LogP contribution is 2.16. The highest BCUT2D eigenvalue weighted by atomic mass is 32.1. The molecular weight excluding hydrogens is 184 g/mol. The summed E-state index contributed by atoms with van der Waals surface area (Å²) in [6.45, 7) is 6.08. The van der Waals surface area contributed by atoms with E-state index in [1.165, 1.54) is 0 Å². The molecule has 4 nitrogen and oxygen atoms in total. The van der Waals surface area contributed by atoms with Crippen molar-refractivity contribution in [3.8, 4) is 0 Å². The normalized spacial score (nSPS) is 15.4. The van der Waals surface area contributed by atoms with E-state index >= 15 is 0 Å². The summed E-state index contributed by atoms with van der Waals surface area (Å²) in [5.41, 5.74) is 5.72. The van der Waals surface area contributed by atoms with Crippen molar-refractivity contribution in [2.24, 2.45) is 5.73 Å². The molecule has 0 fully saturated rings. The number of hydrogen-bond donors (Lipinski definition) is 2. The predicted molar refractivity (Wildman–Crippen MR) is 56.0 cm³/mol. The summed E-state index contributed by atoms with van der Waals surface area (Å²) in [7, 11) is 0. The van der Waals surface area contributed by atoms with Gasteiger partial charge in [0.15, 0.2) is 0 Å². The van der Waals surface area contributed by atoms with Crippen LogP contribution in [0.25, 0.3) is 0 Å². The van der Waals surface area contributed by atoms with Crippen molar-refractivity contribution in [1.29, 1.82) is 0 Å². The number of anilines is 1. The molecule has 0 aromatic carbocycles. The molecule has 3 N–H and O–H groups in total. The van der Waals surface area contributed by atoms with Gasteiger partial charge in [-0.2, -0.15) is 0 Å². The van der Waals surface area contributed by atoms with Gasteiger partial charge in [0.2, 0.25) is 5.13 Å². The van der Waals surface area contributed by atoms with E-state index in [-0.39, 0.29) is 12.1 Å². The first-order valence-corrected chi connectivity index (χ1v) is 5.29. The minimum absolute atomic E-state index is 0.119. The summed E-state index contributed by atoms with van der Waals surface area (Å²) in [5.74, 6) is 0. The first kappa shape index (κ1) is 10.4. The highest BCUT2D eigenvalue weighted by molar-refractivity contribution is 7.15. The summed E-state index contributed by atoms with van der Waals surface area (Å²) in [6, 6.07) is 0.353. The van der Waals surface area contributed by atoms with E-state index in [1.807, 2.05) is 13.8 Å². The van der Waals surface area contributed by atoms with Crippen LogP contribution >= 0.6 is 11.3 Å². The van der Waals surface area contributed by atoms with Gasteiger partial charge in [0.1, 0.15) is 5.01 Å². The largest absolute Gasteiger partial charge is 0.356 e. The maximum absolute atomic E-state index is 5.72. The van der Waals surface area contributed by atoms with Gasteiger partial charge in [0.05, 0.1) is 0 Å². The van der Waals surface area contributed by atoms with Gasteiger partial charge in [-0.1, -0.05) is 18.3 Å². The summed E-state index contributed by atoms with van der Waals surface area (Å²) in [6.07, 6.45) is 0.936. The Kier molecular flexibility index (Phi) is 3.62. The van der Waals surface area contributed by atoms with Crippen LogP contribution in [-0.2, 0) is 6.42 Å². The number of nitrogens with zero attached hydrogens (tertiary/aromatic N) is 2. The van der Waals surface area contributed by atoms with Crippen molar-refractivity contribution in [3.05, 3.63) is 5.01 Å². The molecule has 0 aliphatic carbocycles. The first-order chi connectivity index (χ1) is 6.13. The molecule has 0 amide bonds. The maximum Gasteiger partial charge on any atom is 0.205 e. The second-order valence-electron chi connectivity index (χ2n) is 3.15. The lowest BCUT2D eigenvalue weighted by Crippen LogP contribution is -2.35. The minimum Gasteiger partial charge on any atom is -0.356 e. The Hall–Kier alpha value is -0.680. The van der Waals surface area contributed by atoms with Gasteiger partial charge >= 0.3 is 0 Å². The van der Waals surface area contributed by atoms with Gasteiger partial charge in [0, 0.05) is 12.1 Å². The summed E-state index contributed by atoms with van der Waals surface area (Å²) in [4.78, 5) is 0. The van der Waals surface area contributed by atoms with Crippen LogP contribution in [0.4, 0.5) is 5.13 Å². The molecule has 1 aromatic heterocycles. The van der Waals surface area contributed by atoms with Crippen LogP contribution in [0.3, 0.4) is 0 Å². The summed E-state index contributed by atoms with van der Waals surface area (Å²) >= 11 is 1.59. The summed E-state index contributed by atoms with van der Waals surface area (Å²) in [5, 5.41) is 13.2. The van der Waals surface area contributed by atoms with Crippen LogP contribution in [0.2, 0.25) is 0 Å². The summed E-state index contributed by atoms with van der Waals surface area (Å²) < 4.78 is 0. The molecule has 2 atom stereocenters. The van der Waals surface area contributed by atoms with E-state index in [9.17, 15) is 0 Å². The molecule has 2 unspecified atom stereocenters. The van der Waals surface area contributed by atoms with Gasteiger partial charge < -0.3 is 11.1 Å². The van der Waals surface area contributed by atoms with Crippen molar-refractivity contribution in [3.63, 3.8) is 0 Å². The van der Waals surface area contributed by atoms with Crippen molar-refractivity contribution in [2.75, 3.05) is 5.32 Å². The molecule has 1 heterocycles. The van der Waals surface area contributed by atoms with Crippen molar-refractivity contribution in [2.45, 2.75) is 39.3 Å². The maximum atomic E-state index is 5.72. The fourth-order valence-corrected chi connectivity index (χ4v) is 1.56. The Bertz CT molecular complexity index is 258. The van der Waals surface area contributed by atoms with Crippen LogP contribution < -0.4 is 11.1 Å². The lowest BCUT2D eigenvalue weighted by molar-refractivity contribution is 0.637. The van der Waals surface area contributed by atoms with E-state index in [0.717, 1.165) is 16.6 Å². The highest BCUT2D eigenvalue weighted by Gasteiger charge is 2.09. The number of aromatic nitrogens is 2. The van der Waals surface area contributed by atoms with Crippen molar-refractivity contribution >= 4 is 16.5 Å². The Morgan fingerprint density at radius 2 is 2.15 bits per heavy atom. The lowest BCUT2D eigenvalue weighted by Gasteiger charge is -2.15. The molecule has 0 aliphatic rings. The van der Waals surface area contributed by atoms with E-state index < -0.39 is 0 Å². The van der Waals surface area contributed by atoms with Crippen LogP contribution in [-0.4, -0.2) is 22.3 Å². The van der Waals surface area contributed by atoms with Gasteiger partial charge in [-0.25, -0.2) is 0 Å². The van der Waals surface area contributed by atoms with Crippen LogP contribution in [0.15, 0.2) is 0 Å².